The molecule has 1 aliphatic heterocycles. The number of rotatable bonds is 4. The Morgan fingerprint density at radius 3 is 3.00 bits per heavy atom. The van der Waals surface area contributed by atoms with Crippen molar-refractivity contribution in [2.45, 2.75) is 50.7 Å². The van der Waals surface area contributed by atoms with Gasteiger partial charge in [-0.2, -0.15) is 0 Å². The number of aliphatic carboxylic acids is 1. The van der Waals surface area contributed by atoms with Crippen molar-refractivity contribution in [2.75, 3.05) is 0 Å². The molecule has 6 heteroatoms. The number of carboxylic acid groups (broad SMARTS) is 1. The van der Waals surface area contributed by atoms with E-state index >= 15 is 0 Å². The van der Waals surface area contributed by atoms with Crippen LogP contribution in [0.25, 0.3) is 9.88 Å². The molecule has 0 bridgehead atoms. The highest BCUT2D eigenvalue weighted by atomic mass is 32.1. The molecule has 3 heterocycles. The minimum atomic E-state index is -0.673. The van der Waals surface area contributed by atoms with Crippen LogP contribution in [0.1, 0.15) is 37.8 Å². The molecule has 4 nitrogen and oxygen atoms in total. The van der Waals surface area contributed by atoms with Gasteiger partial charge in [-0.15, -0.1) is 22.7 Å². The number of hydrogen-bond acceptors (Lipinski definition) is 5. The molecule has 0 aromatic carbocycles. The molecular weight excluding hydrogens is 328 g/mol. The summed E-state index contributed by atoms with van der Waals surface area (Å²) in [6.07, 6.45) is 5.60. The van der Waals surface area contributed by atoms with Crippen molar-refractivity contribution in [3.63, 3.8) is 0 Å². The molecule has 4 rings (SSSR count). The molecule has 122 valence electrons. The minimum Gasteiger partial charge on any atom is -0.480 e. The number of thiophene rings is 1. The van der Waals surface area contributed by atoms with Gasteiger partial charge in [-0.05, 0) is 36.6 Å². The molecule has 3 atom stereocenters. The topological polar surface area (TPSA) is 53.4 Å². The van der Waals surface area contributed by atoms with Crippen molar-refractivity contribution in [1.82, 2.24) is 9.88 Å². The molecule has 1 saturated carbocycles. The number of hydrogen-bond donors (Lipinski definition) is 1. The molecule has 0 amide bonds. The smallest absolute Gasteiger partial charge is 0.320 e. The summed E-state index contributed by atoms with van der Waals surface area (Å²) in [5, 5.41) is 14.8. The lowest BCUT2D eigenvalue weighted by molar-refractivity contribution is -0.142. The summed E-state index contributed by atoms with van der Waals surface area (Å²) in [6.45, 7) is 0.667. The van der Waals surface area contributed by atoms with Crippen molar-refractivity contribution in [3.8, 4) is 9.88 Å². The Balaban J connectivity index is 1.55. The largest absolute Gasteiger partial charge is 0.480 e. The van der Waals surface area contributed by atoms with Gasteiger partial charge in [0.15, 0.2) is 0 Å². The van der Waals surface area contributed by atoms with Crippen LogP contribution < -0.4 is 0 Å². The Morgan fingerprint density at radius 1 is 1.35 bits per heavy atom. The first-order valence-electron chi connectivity index (χ1n) is 8.19. The van der Waals surface area contributed by atoms with E-state index in [1.54, 1.807) is 22.7 Å². The molecular formula is C17H20N2O2S2. The molecule has 0 spiro atoms. The van der Waals surface area contributed by atoms with Gasteiger partial charge in [0.2, 0.25) is 0 Å². The maximum absolute atomic E-state index is 11.7. The van der Waals surface area contributed by atoms with Gasteiger partial charge in [0.1, 0.15) is 11.0 Å². The zero-order valence-electron chi connectivity index (χ0n) is 12.9. The predicted octanol–water partition coefficient (Wildman–Crippen LogP) is 4.09. The normalized spacial score (nSPS) is 27.9. The number of carbonyl (C=O) groups is 1. The zero-order valence-corrected chi connectivity index (χ0v) is 14.5. The first-order chi connectivity index (χ1) is 11.2. The van der Waals surface area contributed by atoms with Gasteiger partial charge in [0.05, 0.1) is 10.6 Å². The van der Waals surface area contributed by atoms with E-state index < -0.39 is 5.97 Å². The van der Waals surface area contributed by atoms with E-state index in [0.29, 0.717) is 18.5 Å². The number of aromatic nitrogens is 1. The SMILES string of the molecule is O=C(O)C1CC2CCCCC2N1Cc1csc(-c2cccs2)n1. The molecule has 2 aromatic heterocycles. The maximum Gasteiger partial charge on any atom is 0.320 e. The Morgan fingerprint density at radius 2 is 2.22 bits per heavy atom. The zero-order chi connectivity index (χ0) is 15.8. The monoisotopic (exact) mass is 348 g/mol. The van der Waals surface area contributed by atoms with E-state index in [-0.39, 0.29) is 6.04 Å². The van der Waals surface area contributed by atoms with Crippen LogP contribution in [-0.4, -0.2) is 33.0 Å². The molecule has 0 radical (unpaired) electrons. The van der Waals surface area contributed by atoms with Gasteiger partial charge in [0, 0.05) is 18.0 Å². The fraction of sp³-hybridized carbons (Fsp3) is 0.529. The van der Waals surface area contributed by atoms with E-state index in [1.807, 2.05) is 6.07 Å². The van der Waals surface area contributed by atoms with E-state index in [1.165, 1.54) is 24.1 Å². The number of carboxylic acids is 1. The summed E-state index contributed by atoms with van der Waals surface area (Å²) >= 11 is 3.35. The lowest BCUT2D eigenvalue weighted by Crippen LogP contribution is -2.41. The van der Waals surface area contributed by atoms with E-state index in [4.69, 9.17) is 4.98 Å². The quantitative estimate of drug-likeness (QED) is 0.904. The molecule has 2 fully saturated rings. The van der Waals surface area contributed by atoms with Crippen molar-refractivity contribution in [2.24, 2.45) is 5.92 Å². The van der Waals surface area contributed by atoms with Crippen LogP contribution in [0.15, 0.2) is 22.9 Å². The highest BCUT2D eigenvalue weighted by Crippen LogP contribution is 2.41. The Kier molecular flexibility index (Phi) is 4.22. The Bertz CT molecular complexity index is 683. The van der Waals surface area contributed by atoms with Crippen molar-refractivity contribution >= 4 is 28.6 Å². The van der Waals surface area contributed by atoms with Gasteiger partial charge in [0.25, 0.3) is 0 Å². The van der Waals surface area contributed by atoms with Crippen LogP contribution in [0.2, 0.25) is 0 Å². The third-order valence-corrected chi connectivity index (χ3v) is 7.06. The highest BCUT2D eigenvalue weighted by Gasteiger charge is 2.45. The summed E-state index contributed by atoms with van der Waals surface area (Å²) in [4.78, 5) is 19.8. The van der Waals surface area contributed by atoms with E-state index in [2.05, 4.69) is 21.7 Å². The second-order valence-corrected chi connectivity index (χ2v) is 8.30. The minimum absolute atomic E-state index is 0.338. The first-order valence-corrected chi connectivity index (χ1v) is 9.95. The van der Waals surface area contributed by atoms with Crippen LogP contribution in [0.3, 0.4) is 0 Å². The van der Waals surface area contributed by atoms with Crippen molar-refractivity contribution in [3.05, 3.63) is 28.6 Å². The van der Waals surface area contributed by atoms with Crippen molar-refractivity contribution in [1.29, 1.82) is 0 Å². The predicted molar refractivity (Wildman–Crippen MR) is 92.8 cm³/mol. The molecule has 3 unspecified atom stereocenters. The van der Waals surface area contributed by atoms with Gasteiger partial charge >= 0.3 is 5.97 Å². The lowest BCUT2D eigenvalue weighted by atomic mass is 9.85. The summed E-state index contributed by atoms with van der Waals surface area (Å²) in [5.74, 6) is -0.117. The molecule has 1 saturated heterocycles. The van der Waals surface area contributed by atoms with Gasteiger partial charge in [-0.3, -0.25) is 9.69 Å². The Labute approximate surface area is 143 Å². The summed E-state index contributed by atoms with van der Waals surface area (Å²) < 4.78 is 0. The second-order valence-electron chi connectivity index (χ2n) is 6.50. The number of likely N-dealkylation sites (tertiary alicyclic amines) is 1. The first kappa shape index (κ1) is 15.3. The van der Waals surface area contributed by atoms with Crippen LogP contribution in [0.5, 0.6) is 0 Å². The standard InChI is InChI=1S/C17H20N2O2S2/c20-17(21)14-8-11-4-1-2-5-13(11)19(14)9-12-10-23-16(18-12)15-6-3-7-22-15/h3,6-7,10-11,13-14H,1-2,4-5,8-9H2,(H,20,21). The highest BCUT2D eigenvalue weighted by molar-refractivity contribution is 7.20. The summed E-state index contributed by atoms with van der Waals surface area (Å²) in [6, 6.07) is 4.21. The lowest BCUT2D eigenvalue weighted by Gasteiger charge is -2.32. The molecule has 1 N–H and O–H groups in total. The third-order valence-electron chi connectivity index (χ3n) is 5.13. The van der Waals surface area contributed by atoms with E-state index in [9.17, 15) is 9.90 Å². The molecule has 2 aromatic rings. The summed E-state index contributed by atoms with van der Waals surface area (Å²) in [7, 11) is 0. The van der Waals surface area contributed by atoms with Crippen molar-refractivity contribution < 1.29 is 9.90 Å². The van der Waals surface area contributed by atoms with Gasteiger partial charge in [-0.1, -0.05) is 18.9 Å². The Hall–Kier alpha value is -1.24. The molecule has 23 heavy (non-hydrogen) atoms. The second kappa shape index (κ2) is 6.34. The number of thiazole rings is 1. The average Bonchev–Trinajstić information content (AvgIpc) is 3.26. The summed E-state index contributed by atoms with van der Waals surface area (Å²) in [5.41, 5.74) is 1.01. The number of nitrogens with zero attached hydrogens (tertiary/aromatic N) is 2. The van der Waals surface area contributed by atoms with Crippen LogP contribution in [0.4, 0.5) is 0 Å². The molecule has 2 aliphatic rings. The van der Waals surface area contributed by atoms with Crippen LogP contribution in [0, 0.1) is 5.92 Å². The van der Waals surface area contributed by atoms with Crippen LogP contribution in [-0.2, 0) is 11.3 Å². The average molecular weight is 348 g/mol. The van der Waals surface area contributed by atoms with Gasteiger partial charge < -0.3 is 5.11 Å². The number of fused-ring (bicyclic) bond motifs is 1. The maximum atomic E-state index is 11.7. The molecule has 1 aliphatic carbocycles. The fourth-order valence-electron chi connectivity index (χ4n) is 4.10. The van der Waals surface area contributed by atoms with E-state index in [0.717, 1.165) is 23.5 Å². The third kappa shape index (κ3) is 2.95. The van der Waals surface area contributed by atoms with Crippen LogP contribution >= 0.6 is 22.7 Å². The van der Waals surface area contributed by atoms with Gasteiger partial charge in [-0.25, -0.2) is 4.98 Å². The fourth-order valence-corrected chi connectivity index (χ4v) is 5.73.